The molecule has 1 heterocycles. The van der Waals surface area contributed by atoms with Crippen LogP contribution in [0.1, 0.15) is 16.7 Å². The summed E-state index contributed by atoms with van der Waals surface area (Å²) in [5, 5.41) is 0. The molecule has 108 valence electrons. The fourth-order valence-electron chi connectivity index (χ4n) is 2.03. The van der Waals surface area contributed by atoms with Gasteiger partial charge in [0.2, 0.25) is 0 Å². The van der Waals surface area contributed by atoms with E-state index in [9.17, 15) is 0 Å². The molecule has 0 aliphatic heterocycles. The van der Waals surface area contributed by atoms with Gasteiger partial charge in [-0.3, -0.25) is 15.8 Å². The normalized spacial score (nSPS) is 12.3. The maximum Gasteiger partial charge on any atom is 0.0737 e. The van der Waals surface area contributed by atoms with Crippen LogP contribution in [-0.4, -0.2) is 17.7 Å². The van der Waals surface area contributed by atoms with Gasteiger partial charge in [0.15, 0.2) is 0 Å². The molecular weight excluding hydrogens is 264 g/mol. The van der Waals surface area contributed by atoms with E-state index in [0.29, 0.717) is 11.4 Å². The molecule has 1 aromatic carbocycles. The van der Waals surface area contributed by atoms with E-state index in [1.807, 2.05) is 24.3 Å². The van der Waals surface area contributed by atoms with E-state index in [4.69, 9.17) is 17.3 Å². The fraction of sp³-hybridized carbons (Fsp3) is 0.0667. The number of nitrogens with zero attached hydrogens (tertiary/aromatic N) is 2. The summed E-state index contributed by atoms with van der Waals surface area (Å²) in [6.07, 6.45) is 4.95. The lowest BCUT2D eigenvalue weighted by Gasteiger charge is -2.12. The summed E-state index contributed by atoms with van der Waals surface area (Å²) in [5.74, 6) is 5.25. The first-order valence-corrected chi connectivity index (χ1v) is 6.36. The number of hydrazine groups is 1. The Labute approximate surface area is 123 Å². The maximum absolute atomic E-state index is 6.08. The smallest absolute Gasteiger partial charge is 0.0737 e. The van der Waals surface area contributed by atoms with Crippen molar-refractivity contribution in [1.29, 1.82) is 0 Å². The van der Waals surface area contributed by atoms with Crippen LogP contribution in [0, 0.1) is 0 Å². The molecule has 0 saturated carbocycles. The molecule has 0 atom stereocenters. The number of hydrogen-bond acceptors (Lipinski definition) is 6. The highest BCUT2D eigenvalue weighted by molar-refractivity contribution is 6.15. The Kier molecular flexibility index (Phi) is 4.53. The quantitative estimate of drug-likeness (QED) is 0.287. The van der Waals surface area contributed by atoms with Gasteiger partial charge in [-0.05, 0) is 29.8 Å². The van der Waals surface area contributed by atoms with Crippen molar-refractivity contribution >= 4 is 17.1 Å². The molecular formula is C15H18N6. The van der Waals surface area contributed by atoms with Gasteiger partial charge in [-0.2, -0.15) is 0 Å². The van der Waals surface area contributed by atoms with Crippen molar-refractivity contribution < 1.29 is 0 Å². The van der Waals surface area contributed by atoms with Crippen LogP contribution in [-0.2, 0) is 0 Å². The van der Waals surface area contributed by atoms with E-state index in [1.165, 1.54) is 6.20 Å². The van der Waals surface area contributed by atoms with Crippen LogP contribution in [0.4, 0.5) is 5.69 Å². The minimum Gasteiger partial charge on any atom is -0.398 e. The summed E-state index contributed by atoms with van der Waals surface area (Å²) >= 11 is 0. The SMILES string of the molecule is CN=C(c1ccncc1)c1cc(/C(N)=C/NN)ccc1N. The van der Waals surface area contributed by atoms with Gasteiger partial charge in [-0.1, -0.05) is 6.07 Å². The zero-order valence-corrected chi connectivity index (χ0v) is 11.7. The van der Waals surface area contributed by atoms with Crippen molar-refractivity contribution in [3.8, 4) is 0 Å². The lowest BCUT2D eigenvalue weighted by molar-refractivity contribution is 0.967. The molecule has 0 amide bonds. The van der Waals surface area contributed by atoms with Crippen molar-refractivity contribution in [2.75, 3.05) is 12.8 Å². The van der Waals surface area contributed by atoms with Gasteiger partial charge in [-0.25, -0.2) is 0 Å². The first kappa shape index (κ1) is 14.5. The van der Waals surface area contributed by atoms with Crippen molar-refractivity contribution in [3.05, 3.63) is 65.6 Å². The van der Waals surface area contributed by atoms with Gasteiger partial charge < -0.3 is 16.9 Å². The number of rotatable bonds is 4. The topological polar surface area (TPSA) is 115 Å². The maximum atomic E-state index is 6.08. The van der Waals surface area contributed by atoms with E-state index >= 15 is 0 Å². The van der Waals surface area contributed by atoms with Gasteiger partial charge >= 0.3 is 0 Å². The summed E-state index contributed by atoms with van der Waals surface area (Å²) in [7, 11) is 1.72. The largest absolute Gasteiger partial charge is 0.398 e. The second-order valence-electron chi connectivity index (χ2n) is 4.38. The number of nitrogen functional groups attached to an aromatic ring is 1. The molecule has 0 unspecified atom stereocenters. The van der Waals surface area contributed by atoms with E-state index in [0.717, 1.165) is 22.4 Å². The summed E-state index contributed by atoms with van der Waals surface area (Å²) < 4.78 is 0. The predicted octanol–water partition coefficient (Wildman–Crippen LogP) is 0.851. The highest BCUT2D eigenvalue weighted by Crippen LogP contribution is 2.21. The number of pyridine rings is 1. The first-order chi connectivity index (χ1) is 10.2. The second-order valence-corrected chi connectivity index (χ2v) is 4.38. The number of hydrogen-bond donors (Lipinski definition) is 4. The Morgan fingerprint density at radius 1 is 1.19 bits per heavy atom. The number of benzene rings is 1. The zero-order valence-electron chi connectivity index (χ0n) is 11.7. The summed E-state index contributed by atoms with van der Waals surface area (Å²) in [4.78, 5) is 8.35. The molecule has 6 heteroatoms. The van der Waals surface area contributed by atoms with Crippen molar-refractivity contribution in [3.63, 3.8) is 0 Å². The van der Waals surface area contributed by atoms with Crippen LogP contribution < -0.4 is 22.7 Å². The Balaban J connectivity index is 2.52. The highest BCUT2D eigenvalue weighted by atomic mass is 15.2. The molecule has 2 aromatic rings. The number of anilines is 1. The molecule has 2 rings (SSSR count). The molecule has 6 nitrogen and oxygen atoms in total. The lowest BCUT2D eigenvalue weighted by atomic mass is 9.98. The monoisotopic (exact) mass is 282 g/mol. The van der Waals surface area contributed by atoms with Crippen LogP contribution in [0.25, 0.3) is 5.70 Å². The molecule has 0 fully saturated rings. The third-order valence-corrected chi connectivity index (χ3v) is 3.06. The van der Waals surface area contributed by atoms with Gasteiger partial charge in [0.05, 0.1) is 11.4 Å². The van der Waals surface area contributed by atoms with Gasteiger partial charge in [0, 0.05) is 42.5 Å². The standard InChI is InChI=1S/C15H18N6/c1-19-15(10-4-6-20-7-5-10)12-8-11(2-3-13(12)16)14(17)9-21-18/h2-9,21H,16-18H2,1H3/b14-9-,19-15?. The van der Waals surface area contributed by atoms with E-state index in [1.54, 1.807) is 25.5 Å². The van der Waals surface area contributed by atoms with Crippen molar-refractivity contribution in [1.82, 2.24) is 10.4 Å². The molecule has 1 aromatic heterocycles. The zero-order chi connectivity index (χ0) is 15.2. The number of nitrogens with two attached hydrogens (primary N) is 3. The first-order valence-electron chi connectivity index (χ1n) is 6.36. The highest BCUT2D eigenvalue weighted by Gasteiger charge is 2.11. The second kappa shape index (κ2) is 6.53. The molecule has 0 aliphatic carbocycles. The Morgan fingerprint density at radius 2 is 1.90 bits per heavy atom. The Hall–Kier alpha value is -2.86. The minimum absolute atomic E-state index is 0.518. The summed E-state index contributed by atoms with van der Waals surface area (Å²) in [5.41, 5.74) is 18.9. The molecule has 0 spiro atoms. The predicted molar refractivity (Wildman–Crippen MR) is 86.1 cm³/mol. The summed E-state index contributed by atoms with van der Waals surface area (Å²) in [6.45, 7) is 0. The van der Waals surface area contributed by atoms with Crippen LogP contribution in [0.5, 0.6) is 0 Å². The molecule has 0 aliphatic rings. The Morgan fingerprint density at radius 3 is 2.52 bits per heavy atom. The third-order valence-electron chi connectivity index (χ3n) is 3.06. The fourth-order valence-corrected chi connectivity index (χ4v) is 2.03. The molecule has 21 heavy (non-hydrogen) atoms. The average Bonchev–Trinajstić information content (AvgIpc) is 2.51. The van der Waals surface area contributed by atoms with Gasteiger partial charge in [0.25, 0.3) is 0 Å². The molecule has 0 saturated heterocycles. The van der Waals surface area contributed by atoms with Crippen LogP contribution in [0.15, 0.2) is 53.9 Å². The summed E-state index contributed by atoms with van der Waals surface area (Å²) in [6, 6.07) is 9.29. The number of aliphatic imine (C=N–C) groups is 1. The van der Waals surface area contributed by atoms with Crippen molar-refractivity contribution in [2.24, 2.45) is 16.6 Å². The van der Waals surface area contributed by atoms with Crippen LogP contribution >= 0.6 is 0 Å². The number of aromatic nitrogens is 1. The molecule has 7 N–H and O–H groups in total. The van der Waals surface area contributed by atoms with Crippen molar-refractivity contribution in [2.45, 2.75) is 0 Å². The third kappa shape index (κ3) is 3.18. The van der Waals surface area contributed by atoms with Gasteiger partial charge in [0.1, 0.15) is 0 Å². The van der Waals surface area contributed by atoms with Gasteiger partial charge in [-0.15, -0.1) is 0 Å². The van der Waals surface area contributed by atoms with Crippen LogP contribution in [0.2, 0.25) is 0 Å². The Bertz CT molecular complexity index is 676. The lowest BCUT2D eigenvalue weighted by Crippen LogP contribution is -2.16. The van der Waals surface area contributed by atoms with E-state index < -0.39 is 0 Å². The molecule has 0 radical (unpaired) electrons. The average molecular weight is 282 g/mol. The van der Waals surface area contributed by atoms with E-state index in [2.05, 4.69) is 15.4 Å². The number of nitrogens with one attached hydrogen (secondary N) is 1. The van der Waals surface area contributed by atoms with E-state index in [-0.39, 0.29) is 0 Å². The minimum atomic E-state index is 0.518. The van der Waals surface area contributed by atoms with Crippen LogP contribution in [0.3, 0.4) is 0 Å². The molecule has 0 bridgehead atoms.